The Morgan fingerprint density at radius 3 is 1.52 bits per heavy atom. The third kappa shape index (κ3) is 1.92. The molecule has 0 saturated carbocycles. The first-order valence-corrected chi connectivity index (χ1v) is 9.78. The van der Waals surface area contributed by atoms with Crippen molar-refractivity contribution in [1.82, 2.24) is 0 Å². The molecule has 0 fully saturated rings. The van der Waals surface area contributed by atoms with Gasteiger partial charge in [0.05, 0.1) is 11.1 Å². The van der Waals surface area contributed by atoms with E-state index in [0.717, 1.165) is 32.7 Å². The van der Waals surface area contributed by atoms with E-state index in [9.17, 15) is 9.59 Å². The number of esters is 2. The van der Waals surface area contributed by atoms with Crippen LogP contribution >= 0.6 is 0 Å². The zero-order chi connectivity index (χ0) is 20.2. The standard InChI is InChI=1S/C26H18O3/c1-11-5-15-6-12(2)8-17-21-14(4)10-19-23-18(25(27)29-26(19)28)9-13(3)20(24(21)23)16(7-11)22(15)17/h5-10H,1-4H3. The molecule has 0 atom stereocenters. The molecule has 0 amide bonds. The SMILES string of the molecule is Cc1cc2cc(C)cc3c4c(C)cc5c6c(cc(C)c(c(c1)c23)c64)C(=O)OC5=O. The van der Waals surface area contributed by atoms with E-state index in [1.54, 1.807) is 0 Å². The monoisotopic (exact) mass is 378 g/mol. The molecule has 0 aliphatic carbocycles. The van der Waals surface area contributed by atoms with E-state index in [2.05, 4.69) is 38.1 Å². The summed E-state index contributed by atoms with van der Waals surface area (Å²) in [5.74, 6) is -1.12. The van der Waals surface area contributed by atoms with Gasteiger partial charge in [-0.15, -0.1) is 0 Å². The molecule has 0 aromatic heterocycles. The van der Waals surface area contributed by atoms with Crippen molar-refractivity contribution < 1.29 is 14.3 Å². The number of fused-ring (bicyclic) bond motifs is 2. The van der Waals surface area contributed by atoms with Crippen molar-refractivity contribution in [3.63, 3.8) is 0 Å². The molecular weight excluding hydrogens is 360 g/mol. The van der Waals surface area contributed by atoms with Crippen LogP contribution in [0.15, 0.2) is 36.4 Å². The van der Waals surface area contributed by atoms with Crippen LogP contribution in [0.5, 0.6) is 0 Å². The molecule has 0 radical (unpaired) electrons. The van der Waals surface area contributed by atoms with Crippen LogP contribution in [0.1, 0.15) is 43.0 Å². The van der Waals surface area contributed by atoms with E-state index >= 15 is 0 Å². The van der Waals surface area contributed by atoms with Crippen LogP contribution in [0, 0.1) is 27.7 Å². The molecule has 0 N–H and O–H groups in total. The first-order chi connectivity index (χ1) is 13.8. The number of cyclic esters (lactones) is 2. The molecule has 1 aliphatic heterocycles. The van der Waals surface area contributed by atoms with Crippen molar-refractivity contribution in [2.24, 2.45) is 0 Å². The Morgan fingerprint density at radius 2 is 1.03 bits per heavy atom. The largest absolute Gasteiger partial charge is 0.386 e. The number of hydrogen-bond donors (Lipinski definition) is 0. The predicted molar refractivity (Wildman–Crippen MR) is 116 cm³/mol. The summed E-state index contributed by atoms with van der Waals surface area (Å²) >= 11 is 0. The molecule has 0 spiro atoms. The van der Waals surface area contributed by atoms with Crippen molar-refractivity contribution in [3.8, 4) is 0 Å². The van der Waals surface area contributed by atoms with Crippen LogP contribution in [0.25, 0.3) is 43.1 Å². The minimum Gasteiger partial charge on any atom is -0.386 e. The van der Waals surface area contributed by atoms with Crippen LogP contribution in [0.4, 0.5) is 0 Å². The summed E-state index contributed by atoms with van der Waals surface area (Å²) in [5, 5.41) is 8.80. The summed E-state index contributed by atoms with van der Waals surface area (Å²) < 4.78 is 5.03. The molecule has 140 valence electrons. The van der Waals surface area contributed by atoms with Crippen molar-refractivity contribution in [2.75, 3.05) is 0 Å². The highest BCUT2D eigenvalue weighted by molar-refractivity contribution is 6.38. The van der Waals surface area contributed by atoms with Gasteiger partial charge < -0.3 is 4.74 Å². The fourth-order valence-electron chi connectivity index (χ4n) is 5.33. The van der Waals surface area contributed by atoms with E-state index in [4.69, 9.17) is 4.74 Å². The highest BCUT2D eigenvalue weighted by Gasteiger charge is 2.31. The molecule has 1 heterocycles. The van der Waals surface area contributed by atoms with Crippen LogP contribution in [-0.2, 0) is 4.74 Å². The van der Waals surface area contributed by atoms with Crippen LogP contribution in [-0.4, -0.2) is 11.9 Å². The van der Waals surface area contributed by atoms with Gasteiger partial charge in [-0.25, -0.2) is 9.59 Å². The van der Waals surface area contributed by atoms with Gasteiger partial charge in [-0.3, -0.25) is 0 Å². The average Bonchev–Trinajstić information content (AvgIpc) is 2.64. The molecule has 5 aromatic rings. The normalized spacial score (nSPS) is 13.9. The van der Waals surface area contributed by atoms with Gasteiger partial charge >= 0.3 is 11.9 Å². The number of carbonyl (C=O) groups excluding carboxylic acids is 2. The summed E-state index contributed by atoms with van der Waals surface area (Å²) in [6, 6.07) is 12.7. The van der Waals surface area contributed by atoms with Gasteiger partial charge in [-0.05, 0) is 99.8 Å². The number of carbonyl (C=O) groups is 2. The van der Waals surface area contributed by atoms with E-state index in [1.165, 1.54) is 32.7 Å². The maximum Gasteiger partial charge on any atom is 0.346 e. The highest BCUT2D eigenvalue weighted by atomic mass is 16.6. The molecule has 0 unspecified atom stereocenters. The second-order valence-corrected chi connectivity index (χ2v) is 8.38. The Morgan fingerprint density at radius 1 is 0.552 bits per heavy atom. The second kappa shape index (κ2) is 5.12. The zero-order valence-electron chi connectivity index (χ0n) is 16.7. The quantitative estimate of drug-likeness (QED) is 0.138. The van der Waals surface area contributed by atoms with Crippen LogP contribution in [0.2, 0.25) is 0 Å². The predicted octanol–water partition coefficient (Wildman–Crippen LogP) is 6.28. The lowest BCUT2D eigenvalue weighted by Crippen LogP contribution is -2.20. The van der Waals surface area contributed by atoms with Gasteiger partial charge in [-0.2, -0.15) is 0 Å². The highest BCUT2D eigenvalue weighted by Crippen LogP contribution is 2.46. The fourth-order valence-corrected chi connectivity index (χ4v) is 5.33. The average molecular weight is 378 g/mol. The Hall–Kier alpha value is -3.46. The van der Waals surface area contributed by atoms with E-state index in [-0.39, 0.29) is 0 Å². The van der Waals surface area contributed by atoms with Crippen molar-refractivity contribution >= 4 is 55.0 Å². The Labute approximate surface area is 167 Å². The molecule has 3 heteroatoms. The van der Waals surface area contributed by atoms with Crippen molar-refractivity contribution in [3.05, 3.63) is 69.8 Å². The Balaban J connectivity index is 2.09. The molecule has 5 aromatic carbocycles. The zero-order valence-corrected chi connectivity index (χ0v) is 16.7. The fraction of sp³-hybridized carbons (Fsp3) is 0.154. The summed E-state index contributed by atoms with van der Waals surface area (Å²) in [6.07, 6.45) is 0. The van der Waals surface area contributed by atoms with Gasteiger partial charge in [0.1, 0.15) is 0 Å². The number of benzene rings is 5. The molecule has 6 rings (SSSR count). The Kier molecular flexibility index (Phi) is 2.91. The smallest absolute Gasteiger partial charge is 0.346 e. The lowest BCUT2D eigenvalue weighted by atomic mass is 9.81. The van der Waals surface area contributed by atoms with E-state index in [1.807, 2.05) is 26.0 Å². The summed E-state index contributed by atoms with van der Waals surface area (Å²) in [6.45, 7) is 8.29. The second-order valence-electron chi connectivity index (χ2n) is 8.38. The molecule has 0 saturated heterocycles. The van der Waals surface area contributed by atoms with Gasteiger partial charge in [0.2, 0.25) is 0 Å². The number of ether oxygens (including phenoxy) is 1. The first kappa shape index (κ1) is 16.5. The van der Waals surface area contributed by atoms with Gasteiger partial charge in [0, 0.05) is 5.39 Å². The molecule has 29 heavy (non-hydrogen) atoms. The molecule has 1 aliphatic rings. The van der Waals surface area contributed by atoms with Crippen molar-refractivity contribution in [1.29, 1.82) is 0 Å². The first-order valence-electron chi connectivity index (χ1n) is 9.78. The van der Waals surface area contributed by atoms with Crippen molar-refractivity contribution in [2.45, 2.75) is 27.7 Å². The van der Waals surface area contributed by atoms with E-state index < -0.39 is 11.9 Å². The number of rotatable bonds is 0. The number of hydrogen-bond acceptors (Lipinski definition) is 3. The third-order valence-electron chi connectivity index (χ3n) is 6.30. The maximum absolute atomic E-state index is 12.5. The van der Waals surface area contributed by atoms with E-state index in [0.29, 0.717) is 11.1 Å². The maximum atomic E-state index is 12.5. The molecule has 0 bridgehead atoms. The summed E-state index contributed by atoms with van der Waals surface area (Å²) in [7, 11) is 0. The van der Waals surface area contributed by atoms with Gasteiger partial charge in [0.15, 0.2) is 0 Å². The molecule has 3 nitrogen and oxygen atoms in total. The minimum absolute atomic E-state index is 0.483. The summed E-state index contributed by atoms with van der Waals surface area (Å²) in [5.41, 5.74) is 5.40. The topological polar surface area (TPSA) is 43.4 Å². The minimum atomic E-state index is -0.559. The lowest BCUT2D eigenvalue weighted by Gasteiger charge is -2.23. The van der Waals surface area contributed by atoms with Gasteiger partial charge in [0.25, 0.3) is 0 Å². The van der Waals surface area contributed by atoms with Crippen LogP contribution in [0.3, 0.4) is 0 Å². The summed E-state index contributed by atoms with van der Waals surface area (Å²) in [4.78, 5) is 25.1. The molecular formula is C26H18O3. The number of aryl methyl sites for hydroxylation is 4. The Bertz CT molecular complexity index is 1480. The van der Waals surface area contributed by atoms with Gasteiger partial charge in [-0.1, -0.05) is 24.3 Å². The third-order valence-corrected chi connectivity index (χ3v) is 6.30. The van der Waals surface area contributed by atoms with Crippen LogP contribution < -0.4 is 0 Å². The lowest BCUT2D eigenvalue weighted by molar-refractivity contribution is 0.0391.